The molecule has 1 fully saturated rings. The van der Waals surface area contributed by atoms with Crippen LogP contribution >= 0.6 is 0 Å². The van der Waals surface area contributed by atoms with Gasteiger partial charge in [0.2, 0.25) is 0 Å². The number of nitrogens with zero attached hydrogens (tertiary/aromatic N) is 5. The fraction of sp³-hybridized carbons (Fsp3) is 0.333. The molecule has 3 N–H and O–H groups in total. The molecular weight excluding hydrogens is 477 g/mol. The van der Waals surface area contributed by atoms with Gasteiger partial charge in [-0.15, -0.1) is 0 Å². The minimum absolute atomic E-state index is 0.0304. The predicted octanol–water partition coefficient (Wildman–Crippen LogP) is 3.67. The molecule has 1 aromatic carbocycles. The van der Waals surface area contributed by atoms with Crippen LogP contribution in [0.25, 0.3) is 11.0 Å². The molecule has 0 radical (unpaired) electrons. The number of fused-ring (bicyclic) bond motifs is 1. The van der Waals surface area contributed by atoms with Crippen LogP contribution in [0.4, 0.5) is 13.2 Å². The fourth-order valence-corrected chi connectivity index (χ4v) is 4.58. The van der Waals surface area contributed by atoms with Gasteiger partial charge in [0, 0.05) is 24.3 Å². The Balaban J connectivity index is 1.22. The minimum Gasteiger partial charge on any atom is -0.507 e. The molecule has 0 spiro atoms. The van der Waals surface area contributed by atoms with Gasteiger partial charge in [-0.2, -0.15) is 18.2 Å². The lowest BCUT2D eigenvalue weighted by molar-refractivity contribution is -0.159. The average Bonchev–Trinajstić information content (AvgIpc) is 3.46. The second-order valence-corrected chi connectivity index (χ2v) is 8.90. The summed E-state index contributed by atoms with van der Waals surface area (Å²) in [5.74, 6) is -1.84. The van der Waals surface area contributed by atoms with Crippen LogP contribution in [0.2, 0.25) is 0 Å². The van der Waals surface area contributed by atoms with Crippen molar-refractivity contribution in [3.8, 4) is 5.75 Å². The van der Waals surface area contributed by atoms with E-state index in [-0.39, 0.29) is 29.6 Å². The monoisotopic (exact) mass is 500 g/mol. The predicted molar refractivity (Wildman–Crippen MR) is 122 cm³/mol. The molecule has 4 heterocycles. The van der Waals surface area contributed by atoms with Gasteiger partial charge in [-0.05, 0) is 67.2 Å². The van der Waals surface area contributed by atoms with Gasteiger partial charge in [0.15, 0.2) is 5.82 Å². The molecule has 0 saturated carbocycles. The number of aromatic hydroxyl groups is 1. The first-order valence-corrected chi connectivity index (χ1v) is 11.4. The number of phenols is 1. The molecule has 1 amide bonds. The first-order valence-electron chi connectivity index (χ1n) is 11.4. The number of nitrogens with two attached hydrogens (primary N) is 1. The van der Waals surface area contributed by atoms with Crippen LogP contribution in [0.3, 0.4) is 0 Å². The molecule has 4 aromatic rings. The Morgan fingerprint density at radius 3 is 2.61 bits per heavy atom. The number of benzene rings is 1. The largest absolute Gasteiger partial charge is 0.507 e. The summed E-state index contributed by atoms with van der Waals surface area (Å²) < 4.78 is 44.2. The van der Waals surface area contributed by atoms with Gasteiger partial charge in [0.25, 0.3) is 5.91 Å². The second-order valence-electron chi connectivity index (χ2n) is 8.90. The molecule has 0 aliphatic carbocycles. The summed E-state index contributed by atoms with van der Waals surface area (Å²) in [5.41, 5.74) is 8.04. The summed E-state index contributed by atoms with van der Waals surface area (Å²) in [5, 5.41) is 14.5. The van der Waals surface area contributed by atoms with Crippen molar-refractivity contribution in [3.05, 3.63) is 71.1 Å². The molecule has 1 aliphatic rings. The first kappa shape index (κ1) is 23.8. The summed E-state index contributed by atoms with van der Waals surface area (Å²) in [7, 11) is 0. The van der Waals surface area contributed by atoms with Gasteiger partial charge >= 0.3 is 12.1 Å². The molecule has 12 heteroatoms. The summed E-state index contributed by atoms with van der Waals surface area (Å²) in [6.07, 6.45) is 0.817. The smallest absolute Gasteiger partial charge is 0.471 e. The Hall–Kier alpha value is -3.93. The number of carbonyl (C=O) groups is 1. The third kappa shape index (κ3) is 4.89. The van der Waals surface area contributed by atoms with E-state index in [1.54, 1.807) is 6.07 Å². The molecule has 5 rings (SSSR count). The number of aromatic nitrogens is 4. The van der Waals surface area contributed by atoms with Crippen LogP contribution in [0.1, 0.15) is 52.0 Å². The molecule has 0 bridgehead atoms. The highest BCUT2D eigenvalue weighted by Gasteiger charge is 2.38. The number of amides is 1. The fourth-order valence-electron chi connectivity index (χ4n) is 4.58. The number of pyridine rings is 1. The van der Waals surface area contributed by atoms with Crippen molar-refractivity contribution >= 4 is 16.9 Å². The van der Waals surface area contributed by atoms with Crippen LogP contribution in [-0.4, -0.2) is 48.7 Å². The van der Waals surface area contributed by atoms with E-state index in [1.807, 2.05) is 27.9 Å². The summed E-state index contributed by atoms with van der Waals surface area (Å²) in [6.45, 7) is 2.07. The number of rotatable bonds is 6. The molecule has 9 nitrogen and oxygen atoms in total. The van der Waals surface area contributed by atoms with E-state index in [9.17, 15) is 23.1 Å². The highest BCUT2D eigenvalue weighted by Crippen LogP contribution is 2.31. The van der Waals surface area contributed by atoms with Crippen LogP contribution in [-0.2, 0) is 19.3 Å². The Kier molecular flexibility index (Phi) is 6.12. The molecule has 1 aliphatic heterocycles. The van der Waals surface area contributed by atoms with Gasteiger partial charge in [-0.3, -0.25) is 9.69 Å². The van der Waals surface area contributed by atoms with Gasteiger partial charge < -0.3 is 19.9 Å². The number of hydrogen-bond acceptors (Lipinski definition) is 7. The van der Waals surface area contributed by atoms with Crippen molar-refractivity contribution in [2.75, 3.05) is 13.1 Å². The summed E-state index contributed by atoms with van der Waals surface area (Å²) in [4.78, 5) is 21.4. The lowest BCUT2D eigenvalue weighted by atomic mass is 9.90. The van der Waals surface area contributed by atoms with Crippen LogP contribution in [0.15, 0.2) is 47.2 Å². The van der Waals surface area contributed by atoms with E-state index < -0.39 is 18.0 Å². The van der Waals surface area contributed by atoms with Crippen LogP contribution < -0.4 is 5.73 Å². The second kappa shape index (κ2) is 9.26. The molecule has 3 aromatic heterocycles. The maximum atomic E-state index is 12.7. The number of halogens is 3. The van der Waals surface area contributed by atoms with E-state index in [0.29, 0.717) is 19.6 Å². The molecule has 1 saturated heterocycles. The Morgan fingerprint density at radius 1 is 1.17 bits per heavy atom. The first-order chi connectivity index (χ1) is 17.2. The third-order valence-corrected chi connectivity index (χ3v) is 6.44. The van der Waals surface area contributed by atoms with Crippen molar-refractivity contribution in [2.24, 2.45) is 5.73 Å². The number of likely N-dealkylation sites (tertiary alicyclic amines) is 1. The molecular formula is C24H23F3N6O3. The van der Waals surface area contributed by atoms with Gasteiger partial charge in [0.1, 0.15) is 11.4 Å². The number of hydrogen-bond donors (Lipinski definition) is 2. The van der Waals surface area contributed by atoms with Gasteiger partial charge in [-0.25, -0.2) is 4.98 Å². The molecule has 36 heavy (non-hydrogen) atoms. The average molecular weight is 500 g/mol. The van der Waals surface area contributed by atoms with Crippen molar-refractivity contribution in [2.45, 2.75) is 38.0 Å². The van der Waals surface area contributed by atoms with Crippen LogP contribution in [0.5, 0.6) is 5.75 Å². The quantitative estimate of drug-likeness (QED) is 0.414. The van der Waals surface area contributed by atoms with Gasteiger partial charge in [-0.1, -0.05) is 11.2 Å². The van der Waals surface area contributed by atoms with E-state index >= 15 is 0 Å². The molecule has 0 atom stereocenters. The van der Waals surface area contributed by atoms with Crippen molar-refractivity contribution in [1.82, 2.24) is 24.6 Å². The number of alkyl halides is 3. The number of primary amides is 1. The highest BCUT2D eigenvalue weighted by atomic mass is 19.4. The molecule has 188 valence electrons. The van der Waals surface area contributed by atoms with Gasteiger partial charge in [0.05, 0.1) is 12.1 Å². The Bertz CT molecular complexity index is 1410. The highest BCUT2D eigenvalue weighted by molar-refractivity contribution is 5.95. The zero-order chi connectivity index (χ0) is 25.4. The maximum absolute atomic E-state index is 12.7. The zero-order valence-electron chi connectivity index (χ0n) is 19.1. The summed E-state index contributed by atoms with van der Waals surface area (Å²) in [6, 6.07) is 8.86. The number of carbonyl (C=O) groups excluding carboxylic acids is 1. The van der Waals surface area contributed by atoms with Crippen molar-refractivity contribution < 1.29 is 27.6 Å². The van der Waals surface area contributed by atoms with Crippen molar-refractivity contribution in [1.29, 1.82) is 0 Å². The van der Waals surface area contributed by atoms with E-state index in [0.717, 1.165) is 35.0 Å². The van der Waals surface area contributed by atoms with Crippen molar-refractivity contribution in [3.63, 3.8) is 0 Å². The zero-order valence-corrected chi connectivity index (χ0v) is 19.1. The SMILES string of the molecule is NC(=O)c1ccc(Cn2ccc3cc(C4CCN(Cc5noc(C(F)(F)F)n5)CC4)cnc32)cc1O. The number of piperidine rings is 1. The van der Waals surface area contributed by atoms with E-state index in [2.05, 4.69) is 25.7 Å². The Labute approximate surface area is 203 Å². The summed E-state index contributed by atoms with van der Waals surface area (Å²) >= 11 is 0. The lowest BCUT2D eigenvalue weighted by Gasteiger charge is -2.31. The van der Waals surface area contributed by atoms with E-state index in [4.69, 9.17) is 5.73 Å². The topological polar surface area (TPSA) is 123 Å². The van der Waals surface area contributed by atoms with Crippen LogP contribution in [0, 0.1) is 0 Å². The maximum Gasteiger partial charge on any atom is 0.471 e. The third-order valence-electron chi connectivity index (χ3n) is 6.44. The normalized spacial score (nSPS) is 15.5. The van der Waals surface area contributed by atoms with E-state index in [1.165, 1.54) is 12.1 Å². The Morgan fingerprint density at radius 2 is 1.94 bits per heavy atom. The standard InChI is InChI=1S/C24H23F3N6O3/c25-24(26,27)23-30-20(31-36-23)13-32-6-3-15(4-7-32)17-10-16-5-8-33(22(16)29-11-17)12-14-1-2-18(21(28)35)19(34)9-14/h1-2,5,8-11,15,34H,3-4,6-7,12-13H2,(H2,28,35). The minimum atomic E-state index is -4.64. The lowest BCUT2D eigenvalue weighted by Crippen LogP contribution is -2.32. The molecule has 0 unspecified atom stereocenters.